The number of pyridine rings is 1. The molecule has 1 amide bonds. The monoisotopic (exact) mass is 373 g/mol. The zero-order valence-corrected chi connectivity index (χ0v) is 15.9. The Morgan fingerprint density at radius 3 is 2.93 bits per heavy atom. The van der Waals surface area contributed by atoms with Gasteiger partial charge in [-0.05, 0) is 49.9 Å². The average Bonchev–Trinajstić information content (AvgIpc) is 3.32. The number of rotatable bonds is 3. The van der Waals surface area contributed by atoms with E-state index in [9.17, 15) is 4.79 Å². The van der Waals surface area contributed by atoms with Crippen molar-refractivity contribution in [2.24, 2.45) is 5.92 Å². The Labute approximate surface area is 163 Å². The van der Waals surface area contributed by atoms with Crippen LogP contribution in [-0.4, -0.2) is 43.2 Å². The van der Waals surface area contributed by atoms with Crippen LogP contribution in [0, 0.1) is 12.8 Å². The third-order valence-corrected chi connectivity index (χ3v) is 5.64. The van der Waals surface area contributed by atoms with E-state index in [1.165, 1.54) is 0 Å². The van der Waals surface area contributed by atoms with Crippen LogP contribution in [0.1, 0.15) is 34.8 Å². The van der Waals surface area contributed by atoms with Crippen molar-refractivity contribution in [1.29, 1.82) is 0 Å². The summed E-state index contributed by atoms with van der Waals surface area (Å²) in [7, 11) is 0. The molecule has 1 aliphatic rings. The maximum atomic E-state index is 13.0. The van der Waals surface area contributed by atoms with Crippen molar-refractivity contribution in [1.82, 2.24) is 24.3 Å². The fraction of sp³-hybridized carbons (Fsp3) is 0.318. The first kappa shape index (κ1) is 17.0. The van der Waals surface area contributed by atoms with Crippen LogP contribution in [-0.2, 0) is 6.42 Å². The maximum Gasteiger partial charge on any atom is 0.274 e. The second kappa shape index (κ2) is 6.78. The highest BCUT2D eigenvalue weighted by molar-refractivity contribution is 5.93. The Balaban J connectivity index is 1.32. The summed E-state index contributed by atoms with van der Waals surface area (Å²) in [6.45, 7) is 3.57. The normalized spacial score (nSPS) is 17.5. The van der Waals surface area contributed by atoms with Crippen LogP contribution >= 0.6 is 0 Å². The highest BCUT2D eigenvalue weighted by Crippen LogP contribution is 2.23. The molecule has 0 spiro atoms. The van der Waals surface area contributed by atoms with Gasteiger partial charge in [-0.2, -0.15) is 0 Å². The molecule has 0 radical (unpaired) electrons. The van der Waals surface area contributed by atoms with Gasteiger partial charge in [-0.25, -0.2) is 9.97 Å². The summed E-state index contributed by atoms with van der Waals surface area (Å²) in [6, 6.07) is 14.0. The summed E-state index contributed by atoms with van der Waals surface area (Å²) >= 11 is 0. The summed E-state index contributed by atoms with van der Waals surface area (Å²) in [5, 5.41) is 0. The number of aryl methyl sites for hydroxylation is 1. The van der Waals surface area contributed by atoms with Crippen LogP contribution in [0.3, 0.4) is 0 Å². The summed E-state index contributed by atoms with van der Waals surface area (Å²) < 4.78 is 1.98. The van der Waals surface area contributed by atoms with Gasteiger partial charge in [0.1, 0.15) is 17.2 Å². The molecule has 3 aromatic heterocycles. The van der Waals surface area contributed by atoms with Gasteiger partial charge < -0.3 is 14.3 Å². The fourth-order valence-electron chi connectivity index (χ4n) is 4.21. The molecule has 6 nitrogen and oxygen atoms in total. The van der Waals surface area contributed by atoms with E-state index in [0.717, 1.165) is 60.6 Å². The van der Waals surface area contributed by atoms with E-state index in [4.69, 9.17) is 4.98 Å². The van der Waals surface area contributed by atoms with Gasteiger partial charge in [0.05, 0.1) is 11.0 Å². The number of fused-ring (bicyclic) bond motifs is 2. The van der Waals surface area contributed by atoms with Crippen LogP contribution in [0.2, 0.25) is 0 Å². The van der Waals surface area contributed by atoms with Gasteiger partial charge in [0.2, 0.25) is 0 Å². The largest absolute Gasteiger partial charge is 0.342 e. The Bertz CT molecular complexity index is 1130. The topological polar surface area (TPSA) is 66.3 Å². The number of para-hydroxylation sites is 2. The molecule has 1 aromatic carbocycles. The molecule has 0 unspecified atom stereocenters. The number of imidazole rings is 2. The number of benzene rings is 1. The van der Waals surface area contributed by atoms with Crippen molar-refractivity contribution >= 4 is 22.6 Å². The predicted molar refractivity (Wildman–Crippen MR) is 108 cm³/mol. The second-order valence-electron chi connectivity index (χ2n) is 7.69. The lowest BCUT2D eigenvalue weighted by molar-refractivity contribution is 0.0667. The molecule has 1 N–H and O–H groups in total. The summed E-state index contributed by atoms with van der Waals surface area (Å²) in [5.41, 5.74) is 4.49. The summed E-state index contributed by atoms with van der Waals surface area (Å²) in [5.74, 6) is 1.44. The van der Waals surface area contributed by atoms with Crippen molar-refractivity contribution in [3.8, 4) is 0 Å². The number of amides is 1. The van der Waals surface area contributed by atoms with Crippen LogP contribution in [0.5, 0.6) is 0 Å². The van der Waals surface area contributed by atoms with E-state index >= 15 is 0 Å². The summed E-state index contributed by atoms with van der Waals surface area (Å²) in [6.07, 6.45) is 4.85. The first-order valence-electron chi connectivity index (χ1n) is 9.85. The van der Waals surface area contributed by atoms with Crippen molar-refractivity contribution in [3.63, 3.8) is 0 Å². The number of likely N-dealkylation sites (tertiary alicyclic amines) is 1. The zero-order valence-electron chi connectivity index (χ0n) is 15.9. The number of nitrogens with one attached hydrogen (secondary N) is 1. The standard InChI is InChI=1S/C22H23N5O/c1-15-6-4-10-21-25-19(14-27(15)21)22(28)26-11-5-7-16(13-26)12-20-23-17-8-2-3-9-18(17)24-20/h2-4,6,8-10,14,16H,5,7,11-13H2,1H3,(H,23,24)/t16-/m1/s1. The number of nitrogens with zero attached hydrogens (tertiary/aromatic N) is 4. The van der Waals surface area contributed by atoms with Gasteiger partial charge in [0, 0.05) is 31.4 Å². The number of H-pyrrole nitrogens is 1. The number of hydrogen-bond donors (Lipinski definition) is 1. The molecule has 1 atom stereocenters. The lowest BCUT2D eigenvalue weighted by Crippen LogP contribution is -2.40. The van der Waals surface area contributed by atoms with Crippen LogP contribution < -0.4 is 0 Å². The van der Waals surface area contributed by atoms with Gasteiger partial charge >= 0.3 is 0 Å². The molecule has 0 aliphatic carbocycles. The molecule has 5 rings (SSSR count). The molecule has 4 heterocycles. The lowest BCUT2D eigenvalue weighted by Gasteiger charge is -2.32. The van der Waals surface area contributed by atoms with Gasteiger partial charge in [-0.1, -0.05) is 18.2 Å². The minimum absolute atomic E-state index is 0.0254. The van der Waals surface area contributed by atoms with Crippen molar-refractivity contribution in [2.75, 3.05) is 13.1 Å². The van der Waals surface area contributed by atoms with E-state index in [1.807, 2.05) is 64.9 Å². The number of aromatic nitrogens is 4. The van der Waals surface area contributed by atoms with E-state index in [2.05, 4.69) is 9.97 Å². The van der Waals surface area contributed by atoms with Gasteiger partial charge in [0.15, 0.2) is 0 Å². The van der Waals surface area contributed by atoms with E-state index in [1.54, 1.807) is 0 Å². The van der Waals surface area contributed by atoms with Gasteiger partial charge in [-0.3, -0.25) is 4.79 Å². The number of hydrogen-bond acceptors (Lipinski definition) is 3. The van der Waals surface area contributed by atoms with Crippen LogP contribution in [0.4, 0.5) is 0 Å². The number of carbonyl (C=O) groups excluding carboxylic acids is 1. The molecular formula is C22H23N5O. The first-order chi connectivity index (χ1) is 13.7. The molecule has 1 aliphatic heterocycles. The van der Waals surface area contributed by atoms with E-state index in [-0.39, 0.29) is 5.91 Å². The third-order valence-electron chi connectivity index (χ3n) is 5.64. The number of carbonyl (C=O) groups is 1. The SMILES string of the molecule is Cc1cccc2nc(C(=O)N3CCC[C@H](Cc4nc5ccccc5[nH]4)C3)cn12. The Hall–Kier alpha value is -3.15. The Morgan fingerprint density at radius 1 is 1.18 bits per heavy atom. The highest BCUT2D eigenvalue weighted by atomic mass is 16.2. The maximum absolute atomic E-state index is 13.0. The molecule has 142 valence electrons. The predicted octanol–water partition coefficient (Wildman–Crippen LogP) is 3.61. The molecule has 0 saturated carbocycles. The highest BCUT2D eigenvalue weighted by Gasteiger charge is 2.27. The van der Waals surface area contributed by atoms with Crippen LogP contribution in [0.25, 0.3) is 16.7 Å². The van der Waals surface area contributed by atoms with Crippen molar-refractivity contribution in [3.05, 3.63) is 65.9 Å². The van der Waals surface area contributed by atoms with Gasteiger partial charge in [-0.15, -0.1) is 0 Å². The molecule has 0 bridgehead atoms. The molecule has 1 fully saturated rings. The molecular weight excluding hydrogens is 350 g/mol. The lowest BCUT2D eigenvalue weighted by atomic mass is 9.94. The number of aromatic amines is 1. The summed E-state index contributed by atoms with van der Waals surface area (Å²) in [4.78, 5) is 27.6. The smallest absolute Gasteiger partial charge is 0.274 e. The van der Waals surface area contributed by atoms with Crippen LogP contribution in [0.15, 0.2) is 48.7 Å². The Morgan fingerprint density at radius 2 is 2.07 bits per heavy atom. The number of piperidine rings is 1. The van der Waals surface area contributed by atoms with Crippen molar-refractivity contribution in [2.45, 2.75) is 26.2 Å². The molecule has 28 heavy (non-hydrogen) atoms. The zero-order chi connectivity index (χ0) is 19.1. The minimum atomic E-state index is 0.0254. The third kappa shape index (κ3) is 3.05. The fourth-order valence-corrected chi connectivity index (χ4v) is 4.21. The molecule has 1 saturated heterocycles. The minimum Gasteiger partial charge on any atom is -0.342 e. The van der Waals surface area contributed by atoms with Crippen molar-refractivity contribution < 1.29 is 4.79 Å². The van der Waals surface area contributed by atoms with E-state index < -0.39 is 0 Å². The average molecular weight is 373 g/mol. The first-order valence-corrected chi connectivity index (χ1v) is 9.85. The quantitative estimate of drug-likeness (QED) is 0.596. The Kier molecular flexibility index (Phi) is 4.11. The van der Waals surface area contributed by atoms with Gasteiger partial charge in [0.25, 0.3) is 5.91 Å². The second-order valence-corrected chi connectivity index (χ2v) is 7.69. The molecule has 4 aromatic rings. The van der Waals surface area contributed by atoms with E-state index in [0.29, 0.717) is 11.6 Å². The molecule has 6 heteroatoms.